The van der Waals surface area contributed by atoms with Gasteiger partial charge in [0.15, 0.2) is 17.2 Å². The molecule has 3 heterocycles. The fourth-order valence-electron chi connectivity index (χ4n) is 3.60. The molecule has 0 bridgehead atoms. The van der Waals surface area contributed by atoms with E-state index in [-0.39, 0.29) is 36.7 Å². The SMILES string of the molecule is Cc1nnc([C@@](C)(CO)CC(=O)c2c(C)nc3c(OCc4c(F)cccc4F)cccn23)s1. The predicted octanol–water partition coefficient (Wildman–Crippen LogP) is 4.18. The van der Waals surface area contributed by atoms with Crippen molar-refractivity contribution in [2.75, 3.05) is 6.61 Å². The number of benzene rings is 1. The predicted molar refractivity (Wildman–Crippen MR) is 119 cm³/mol. The normalized spacial score (nSPS) is 13.3. The summed E-state index contributed by atoms with van der Waals surface area (Å²) < 4.78 is 35.2. The Kier molecular flexibility index (Phi) is 6.22. The summed E-state index contributed by atoms with van der Waals surface area (Å²) in [6.45, 7) is 4.68. The van der Waals surface area contributed by atoms with Crippen LogP contribution in [0, 0.1) is 25.5 Å². The highest BCUT2D eigenvalue weighted by atomic mass is 32.1. The number of aromatic nitrogens is 4. The minimum atomic E-state index is -0.893. The summed E-state index contributed by atoms with van der Waals surface area (Å²) in [6.07, 6.45) is 1.67. The van der Waals surface area contributed by atoms with Gasteiger partial charge in [-0.3, -0.25) is 9.20 Å². The minimum absolute atomic E-state index is 0.00170. The number of ketones is 1. The number of ether oxygens (including phenoxy) is 1. The molecular weight excluding hydrogens is 450 g/mol. The highest BCUT2D eigenvalue weighted by molar-refractivity contribution is 7.11. The summed E-state index contributed by atoms with van der Waals surface area (Å²) in [5.74, 6) is -1.35. The van der Waals surface area contributed by atoms with Gasteiger partial charge >= 0.3 is 0 Å². The van der Waals surface area contributed by atoms with E-state index in [0.717, 1.165) is 17.1 Å². The smallest absolute Gasteiger partial charge is 0.182 e. The van der Waals surface area contributed by atoms with Crippen LogP contribution >= 0.6 is 11.3 Å². The highest BCUT2D eigenvalue weighted by Crippen LogP contribution is 2.32. The van der Waals surface area contributed by atoms with Crippen LogP contribution in [0.4, 0.5) is 8.78 Å². The Bertz CT molecular complexity index is 1320. The first-order chi connectivity index (χ1) is 15.7. The monoisotopic (exact) mass is 472 g/mol. The Hall–Kier alpha value is -3.24. The molecule has 172 valence electrons. The number of fused-ring (bicyclic) bond motifs is 1. The van der Waals surface area contributed by atoms with Crippen LogP contribution in [-0.2, 0) is 12.0 Å². The second-order valence-corrected chi connectivity index (χ2v) is 9.23. The van der Waals surface area contributed by atoms with E-state index in [1.807, 2.05) is 6.92 Å². The number of aliphatic hydroxyl groups excluding tert-OH is 1. The van der Waals surface area contributed by atoms with Gasteiger partial charge in [0.1, 0.15) is 34.0 Å². The van der Waals surface area contributed by atoms with E-state index in [2.05, 4.69) is 15.2 Å². The summed E-state index contributed by atoms with van der Waals surface area (Å²) in [5.41, 5.74) is 0.0868. The first-order valence-corrected chi connectivity index (χ1v) is 11.0. The first-order valence-electron chi connectivity index (χ1n) is 10.2. The van der Waals surface area contributed by atoms with Gasteiger partial charge in [-0.15, -0.1) is 21.5 Å². The molecule has 0 aliphatic rings. The van der Waals surface area contributed by atoms with Crippen molar-refractivity contribution < 1.29 is 23.4 Å². The van der Waals surface area contributed by atoms with Gasteiger partial charge in [-0.1, -0.05) is 13.0 Å². The summed E-state index contributed by atoms with van der Waals surface area (Å²) in [7, 11) is 0. The molecule has 0 aliphatic heterocycles. The van der Waals surface area contributed by atoms with Gasteiger partial charge in [-0.25, -0.2) is 13.8 Å². The molecule has 0 saturated heterocycles. The summed E-state index contributed by atoms with van der Waals surface area (Å²) in [5, 5.41) is 19.5. The number of imidazole rings is 1. The van der Waals surface area contributed by atoms with Crippen molar-refractivity contribution in [2.24, 2.45) is 0 Å². The van der Waals surface area contributed by atoms with Crippen LogP contribution in [0.1, 0.15) is 45.1 Å². The quantitative estimate of drug-likeness (QED) is 0.387. The lowest BCUT2D eigenvalue weighted by atomic mass is 9.85. The third kappa shape index (κ3) is 4.36. The largest absolute Gasteiger partial charge is 0.485 e. The van der Waals surface area contributed by atoms with E-state index in [0.29, 0.717) is 22.0 Å². The molecule has 7 nitrogen and oxygen atoms in total. The molecule has 0 aliphatic carbocycles. The van der Waals surface area contributed by atoms with E-state index < -0.39 is 17.0 Å². The van der Waals surface area contributed by atoms with Gasteiger partial charge in [0.2, 0.25) is 0 Å². The molecular formula is C23H22F2N4O3S. The van der Waals surface area contributed by atoms with Gasteiger partial charge in [0.25, 0.3) is 0 Å². The Morgan fingerprint density at radius 2 is 1.91 bits per heavy atom. The van der Waals surface area contributed by atoms with Crippen LogP contribution < -0.4 is 4.74 Å². The number of aryl methyl sites for hydroxylation is 2. The maximum absolute atomic E-state index is 14.0. The van der Waals surface area contributed by atoms with Crippen molar-refractivity contribution in [3.8, 4) is 5.75 Å². The van der Waals surface area contributed by atoms with Crippen molar-refractivity contribution in [3.05, 3.63) is 75.1 Å². The number of halogens is 2. The van der Waals surface area contributed by atoms with E-state index in [9.17, 15) is 18.7 Å². The van der Waals surface area contributed by atoms with E-state index in [4.69, 9.17) is 4.74 Å². The molecule has 1 aromatic carbocycles. The van der Waals surface area contributed by atoms with Gasteiger partial charge in [0.05, 0.1) is 23.3 Å². The molecule has 0 amide bonds. The third-order valence-electron chi connectivity index (χ3n) is 5.43. The van der Waals surface area contributed by atoms with Crippen LogP contribution in [0.15, 0.2) is 36.5 Å². The van der Waals surface area contributed by atoms with Gasteiger partial charge in [-0.05, 0) is 38.1 Å². The van der Waals surface area contributed by atoms with Gasteiger partial charge in [-0.2, -0.15) is 0 Å². The van der Waals surface area contributed by atoms with Crippen LogP contribution in [-0.4, -0.2) is 37.1 Å². The number of Topliss-reactive ketones (excluding diaryl/α,β-unsaturated/α-hetero) is 1. The molecule has 3 aromatic heterocycles. The Morgan fingerprint density at radius 1 is 1.18 bits per heavy atom. The zero-order valence-corrected chi connectivity index (χ0v) is 19.1. The van der Waals surface area contributed by atoms with Crippen LogP contribution in [0.3, 0.4) is 0 Å². The number of hydrogen-bond acceptors (Lipinski definition) is 7. The maximum Gasteiger partial charge on any atom is 0.182 e. The van der Waals surface area contributed by atoms with E-state index in [1.165, 1.54) is 17.4 Å². The number of hydrogen-bond donors (Lipinski definition) is 1. The molecule has 33 heavy (non-hydrogen) atoms. The molecule has 10 heteroatoms. The van der Waals surface area contributed by atoms with Gasteiger partial charge < -0.3 is 9.84 Å². The third-order valence-corrected chi connectivity index (χ3v) is 6.57. The lowest BCUT2D eigenvalue weighted by Gasteiger charge is -2.23. The fourth-order valence-corrected chi connectivity index (χ4v) is 4.43. The standard InChI is InChI=1S/C23H22F2N4O3S/c1-13-20(18(31)10-23(3,12-30)22-28-27-14(2)33-22)29-9-5-8-19(21(29)26-13)32-11-15-16(24)6-4-7-17(15)25/h4-9,30H,10-12H2,1-3H3/t23-/m1/s1. The lowest BCUT2D eigenvalue weighted by molar-refractivity contribution is 0.0912. The van der Waals surface area contributed by atoms with Crippen molar-refractivity contribution >= 4 is 22.8 Å². The zero-order valence-electron chi connectivity index (χ0n) is 18.3. The lowest BCUT2D eigenvalue weighted by Crippen LogP contribution is -2.30. The highest BCUT2D eigenvalue weighted by Gasteiger charge is 2.34. The molecule has 4 aromatic rings. The van der Waals surface area contributed by atoms with Gasteiger partial charge in [0, 0.05) is 12.6 Å². The second kappa shape index (κ2) is 8.95. The molecule has 0 radical (unpaired) electrons. The number of carbonyl (C=O) groups excluding carboxylic acids is 1. The number of nitrogens with zero attached hydrogens (tertiary/aromatic N) is 4. The summed E-state index contributed by atoms with van der Waals surface area (Å²) in [4.78, 5) is 17.8. The molecule has 0 fully saturated rings. The molecule has 0 spiro atoms. The Labute approximate surface area is 192 Å². The number of pyridine rings is 1. The fraction of sp³-hybridized carbons (Fsp3) is 0.304. The maximum atomic E-state index is 14.0. The van der Waals surface area contributed by atoms with Crippen molar-refractivity contribution in [3.63, 3.8) is 0 Å². The van der Waals surface area contributed by atoms with Crippen LogP contribution in [0.2, 0.25) is 0 Å². The topological polar surface area (TPSA) is 89.6 Å². The van der Waals surface area contributed by atoms with Crippen molar-refractivity contribution in [1.29, 1.82) is 0 Å². The summed E-state index contributed by atoms with van der Waals surface area (Å²) >= 11 is 1.34. The molecule has 4 rings (SSSR count). The number of aliphatic hydroxyl groups is 1. The molecule has 1 N–H and O–H groups in total. The number of rotatable bonds is 8. The van der Waals surface area contributed by atoms with Crippen molar-refractivity contribution in [1.82, 2.24) is 19.6 Å². The Morgan fingerprint density at radius 3 is 2.55 bits per heavy atom. The van der Waals surface area contributed by atoms with Crippen LogP contribution in [0.5, 0.6) is 5.75 Å². The minimum Gasteiger partial charge on any atom is -0.485 e. The van der Waals surface area contributed by atoms with E-state index in [1.54, 1.807) is 36.6 Å². The Balaban J connectivity index is 1.64. The average Bonchev–Trinajstić information content (AvgIpc) is 3.36. The van der Waals surface area contributed by atoms with Crippen LogP contribution in [0.25, 0.3) is 5.65 Å². The summed E-state index contributed by atoms with van der Waals surface area (Å²) in [6, 6.07) is 6.90. The second-order valence-electron chi connectivity index (χ2n) is 8.05. The molecule has 0 saturated carbocycles. The average molecular weight is 473 g/mol. The zero-order chi connectivity index (χ0) is 23.8. The number of carbonyl (C=O) groups is 1. The molecule has 1 atom stereocenters. The van der Waals surface area contributed by atoms with Crippen molar-refractivity contribution in [2.45, 2.75) is 39.2 Å². The van der Waals surface area contributed by atoms with E-state index >= 15 is 0 Å². The molecule has 0 unspecified atom stereocenters. The first kappa shape index (κ1) is 22.9.